The van der Waals surface area contributed by atoms with Crippen LogP contribution in [-0.2, 0) is 22.3 Å². The minimum Gasteiger partial charge on any atom is -0.366 e. The predicted octanol–water partition coefficient (Wildman–Crippen LogP) is 2.63. The van der Waals surface area contributed by atoms with Gasteiger partial charge in [-0.15, -0.1) is 0 Å². The number of amides is 2. The first-order valence-corrected chi connectivity index (χ1v) is 7.65. The summed E-state index contributed by atoms with van der Waals surface area (Å²) < 4.78 is 38.5. The van der Waals surface area contributed by atoms with Gasteiger partial charge in [-0.1, -0.05) is 12.1 Å². The molecule has 3 saturated carbocycles. The molecular formula is C17H17F3N2O2. The van der Waals surface area contributed by atoms with Crippen molar-refractivity contribution in [1.29, 1.82) is 0 Å². The average Bonchev–Trinajstić information content (AvgIpc) is 2.40. The summed E-state index contributed by atoms with van der Waals surface area (Å²) >= 11 is 0. The molecule has 2 N–H and O–H groups in total. The predicted molar refractivity (Wildman–Crippen MR) is 80.4 cm³/mol. The van der Waals surface area contributed by atoms with Gasteiger partial charge in [0.25, 0.3) is 0 Å². The van der Waals surface area contributed by atoms with Crippen LogP contribution in [0.3, 0.4) is 0 Å². The Labute approximate surface area is 137 Å². The molecule has 4 rings (SSSR count). The summed E-state index contributed by atoms with van der Waals surface area (Å²) in [5.41, 5.74) is 4.40. The van der Waals surface area contributed by atoms with Crippen molar-refractivity contribution in [2.45, 2.75) is 37.5 Å². The maximum absolute atomic E-state index is 12.8. The second-order valence-corrected chi connectivity index (χ2v) is 6.56. The molecule has 0 aliphatic heterocycles. The fraction of sp³-hybridized carbons (Fsp3) is 0.412. The molecule has 3 fully saturated rings. The van der Waals surface area contributed by atoms with Crippen LogP contribution in [0.4, 0.5) is 13.2 Å². The molecule has 2 bridgehead atoms. The molecule has 0 saturated heterocycles. The summed E-state index contributed by atoms with van der Waals surface area (Å²) in [7, 11) is 0. The van der Waals surface area contributed by atoms with Crippen molar-refractivity contribution in [3.63, 3.8) is 0 Å². The molecule has 3 aliphatic rings. The van der Waals surface area contributed by atoms with Crippen LogP contribution in [0.2, 0.25) is 0 Å². The van der Waals surface area contributed by atoms with Gasteiger partial charge in [-0.05, 0) is 42.9 Å². The molecule has 0 unspecified atom stereocenters. The molecule has 0 spiro atoms. The zero-order valence-corrected chi connectivity index (χ0v) is 12.8. The first-order chi connectivity index (χ1) is 11.2. The Morgan fingerprint density at radius 1 is 1.25 bits per heavy atom. The van der Waals surface area contributed by atoms with E-state index < -0.39 is 23.6 Å². The second kappa shape index (κ2) is 5.65. The third-order valence-corrected chi connectivity index (χ3v) is 4.83. The van der Waals surface area contributed by atoms with E-state index in [4.69, 9.17) is 5.73 Å². The molecular weight excluding hydrogens is 321 g/mol. The molecule has 24 heavy (non-hydrogen) atoms. The van der Waals surface area contributed by atoms with Gasteiger partial charge in [-0.3, -0.25) is 9.59 Å². The van der Waals surface area contributed by atoms with Crippen molar-refractivity contribution in [1.82, 2.24) is 4.90 Å². The summed E-state index contributed by atoms with van der Waals surface area (Å²) in [5.74, 6) is -0.536. The molecule has 1 aromatic carbocycles. The molecule has 0 heterocycles. The molecule has 3 aliphatic carbocycles. The molecule has 128 valence electrons. The normalized spacial score (nSPS) is 25.0. The maximum atomic E-state index is 12.8. The van der Waals surface area contributed by atoms with Gasteiger partial charge >= 0.3 is 6.18 Å². The highest BCUT2D eigenvalue weighted by molar-refractivity contribution is 5.96. The monoisotopic (exact) mass is 338 g/mol. The molecule has 0 atom stereocenters. The van der Waals surface area contributed by atoms with E-state index >= 15 is 0 Å². The van der Waals surface area contributed by atoms with Crippen LogP contribution in [0.5, 0.6) is 0 Å². The lowest BCUT2D eigenvalue weighted by molar-refractivity contribution is -0.169. The fourth-order valence-electron chi connectivity index (χ4n) is 3.51. The van der Waals surface area contributed by atoms with Crippen molar-refractivity contribution in [3.05, 3.63) is 47.5 Å². The van der Waals surface area contributed by atoms with Crippen LogP contribution in [-0.4, -0.2) is 22.3 Å². The van der Waals surface area contributed by atoms with E-state index in [1.807, 2.05) is 0 Å². The van der Waals surface area contributed by atoms with Crippen molar-refractivity contribution in [2.75, 3.05) is 0 Å². The number of primary amides is 1. The Kier molecular flexibility index (Phi) is 3.89. The van der Waals surface area contributed by atoms with Crippen LogP contribution in [0.25, 0.3) is 0 Å². The van der Waals surface area contributed by atoms with Crippen LogP contribution in [0, 0.1) is 5.92 Å². The van der Waals surface area contributed by atoms with Gasteiger partial charge in [-0.2, -0.15) is 13.2 Å². The summed E-state index contributed by atoms with van der Waals surface area (Å²) in [6, 6.07) is 4.97. The second-order valence-electron chi connectivity index (χ2n) is 6.56. The summed E-state index contributed by atoms with van der Waals surface area (Å²) in [6.45, 7) is 0.0819. The quantitative estimate of drug-likeness (QED) is 0.839. The molecule has 1 aromatic rings. The molecule has 4 nitrogen and oxygen atoms in total. The van der Waals surface area contributed by atoms with Gasteiger partial charge in [0.1, 0.15) is 0 Å². The van der Waals surface area contributed by atoms with Crippen molar-refractivity contribution in [2.24, 2.45) is 11.7 Å². The third kappa shape index (κ3) is 3.02. The highest BCUT2D eigenvalue weighted by atomic mass is 19.4. The zero-order chi connectivity index (χ0) is 17.5. The zero-order valence-electron chi connectivity index (χ0n) is 12.8. The number of halogens is 3. The topological polar surface area (TPSA) is 63.4 Å². The Morgan fingerprint density at radius 2 is 1.92 bits per heavy atom. The molecule has 2 amide bonds. The highest BCUT2D eigenvalue weighted by Gasteiger charge is 2.60. The van der Waals surface area contributed by atoms with E-state index in [-0.39, 0.29) is 12.1 Å². The Bertz CT molecular complexity index is 695. The average molecular weight is 338 g/mol. The van der Waals surface area contributed by atoms with Crippen LogP contribution in [0.1, 0.15) is 30.4 Å². The minimum absolute atomic E-state index is 0.0819. The third-order valence-electron chi connectivity index (χ3n) is 4.83. The lowest BCUT2D eigenvalue weighted by Gasteiger charge is -2.66. The SMILES string of the molecule is NC(=O)/C=C/C(=O)N(Cc1cccc(C(F)(F)F)c1)C12CC(C1)C2. The molecule has 7 heteroatoms. The first-order valence-electron chi connectivity index (χ1n) is 7.65. The largest absolute Gasteiger partial charge is 0.416 e. The van der Waals surface area contributed by atoms with E-state index in [0.29, 0.717) is 11.5 Å². The number of carbonyl (C=O) groups is 2. The summed E-state index contributed by atoms with van der Waals surface area (Å²) in [5, 5.41) is 0. The minimum atomic E-state index is -4.42. The lowest BCUT2D eigenvalue weighted by atomic mass is 9.49. The van der Waals surface area contributed by atoms with Crippen molar-refractivity contribution in [3.8, 4) is 0 Å². The standard InChI is InChI=1S/C17H17F3N2O2/c18-17(19,20)13-3-1-2-11(6-13)10-22(15(24)5-4-14(21)23)16-7-12(8-16)9-16/h1-6,12H,7-10H2,(H2,21,23)/b5-4+. The number of carbonyl (C=O) groups excluding carboxylic acids is 2. The van der Waals surface area contributed by atoms with E-state index in [0.717, 1.165) is 43.5 Å². The van der Waals surface area contributed by atoms with E-state index in [2.05, 4.69) is 0 Å². The highest BCUT2D eigenvalue weighted by Crippen LogP contribution is 2.61. The smallest absolute Gasteiger partial charge is 0.366 e. The number of hydrogen-bond donors (Lipinski definition) is 1. The molecule has 0 radical (unpaired) electrons. The number of benzene rings is 1. The van der Waals surface area contributed by atoms with Crippen molar-refractivity contribution < 1.29 is 22.8 Å². The lowest BCUT2D eigenvalue weighted by Crippen LogP contribution is -2.69. The van der Waals surface area contributed by atoms with E-state index in [1.165, 1.54) is 6.07 Å². The Morgan fingerprint density at radius 3 is 2.42 bits per heavy atom. The number of rotatable bonds is 5. The number of nitrogens with zero attached hydrogens (tertiary/aromatic N) is 1. The van der Waals surface area contributed by atoms with Crippen LogP contribution < -0.4 is 5.73 Å². The number of hydrogen-bond acceptors (Lipinski definition) is 2. The maximum Gasteiger partial charge on any atom is 0.416 e. The number of nitrogens with two attached hydrogens (primary N) is 1. The molecule has 0 aromatic heterocycles. The van der Waals surface area contributed by atoms with Crippen LogP contribution >= 0.6 is 0 Å². The first kappa shape index (κ1) is 16.5. The summed E-state index contributed by atoms with van der Waals surface area (Å²) in [4.78, 5) is 24.8. The van der Waals surface area contributed by atoms with Crippen LogP contribution in [0.15, 0.2) is 36.4 Å². The Hall–Kier alpha value is -2.31. The van der Waals surface area contributed by atoms with Gasteiger partial charge in [0.2, 0.25) is 11.8 Å². The summed E-state index contributed by atoms with van der Waals surface area (Å²) in [6.07, 6.45) is 0.239. The van der Waals surface area contributed by atoms with Gasteiger partial charge in [0.05, 0.1) is 5.56 Å². The van der Waals surface area contributed by atoms with Gasteiger partial charge < -0.3 is 10.6 Å². The van der Waals surface area contributed by atoms with Gasteiger partial charge in [0.15, 0.2) is 0 Å². The Balaban J connectivity index is 1.82. The van der Waals surface area contributed by atoms with Gasteiger partial charge in [0, 0.05) is 24.2 Å². The number of alkyl halides is 3. The van der Waals surface area contributed by atoms with E-state index in [9.17, 15) is 22.8 Å². The van der Waals surface area contributed by atoms with Crippen molar-refractivity contribution >= 4 is 11.8 Å². The van der Waals surface area contributed by atoms with Gasteiger partial charge in [-0.25, -0.2) is 0 Å². The fourth-order valence-corrected chi connectivity index (χ4v) is 3.51. The van der Waals surface area contributed by atoms with E-state index in [1.54, 1.807) is 11.0 Å².